The highest BCUT2D eigenvalue weighted by molar-refractivity contribution is 6.00. The van der Waals surface area contributed by atoms with Gasteiger partial charge in [-0.3, -0.25) is 9.59 Å². The fraction of sp³-hybridized carbons (Fsp3) is 0.263. The third-order valence-corrected chi connectivity index (χ3v) is 4.33. The van der Waals surface area contributed by atoms with Crippen LogP contribution in [0.4, 0.5) is 23.2 Å². The van der Waals surface area contributed by atoms with Gasteiger partial charge in [0.2, 0.25) is 11.8 Å². The van der Waals surface area contributed by atoms with Crippen molar-refractivity contribution in [2.45, 2.75) is 12.8 Å². The Balaban J connectivity index is 1.57. The van der Waals surface area contributed by atoms with Crippen molar-refractivity contribution < 1.29 is 27.2 Å². The summed E-state index contributed by atoms with van der Waals surface area (Å²) in [6, 6.07) is 5.98. The van der Waals surface area contributed by atoms with E-state index in [2.05, 4.69) is 5.32 Å². The summed E-state index contributed by atoms with van der Waals surface area (Å²) in [5.74, 6) is -4.57. The Hall–Kier alpha value is -2.90. The SMILES string of the molecule is O=C(NCCc1cc(F)cc(F)c1)C1CC(=O)N(c2ccc(F)cc2F)C1. The van der Waals surface area contributed by atoms with Crippen molar-refractivity contribution >= 4 is 17.5 Å². The first-order valence-electron chi connectivity index (χ1n) is 8.31. The molecule has 27 heavy (non-hydrogen) atoms. The Kier molecular flexibility index (Phi) is 5.43. The van der Waals surface area contributed by atoms with E-state index in [1.807, 2.05) is 0 Å². The fourth-order valence-corrected chi connectivity index (χ4v) is 3.05. The van der Waals surface area contributed by atoms with E-state index in [0.717, 1.165) is 23.1 Å². The van der Waals surface area contributed by atoms with E-state index in [4.69, 9.17) is 0 Å². The summed E-state index contributed by atoms with van der Waals surface area (Å²) in [7, 11) is 0. The van der Waals surface area contributed by atoms with Gasteiger partial charge >= 0.3 is 0 Å². The zero-order valence-electron chi connectivity index (χ0n) is 14.1. The topological polar surface area (TPSA) is 49.4 Å². The van der Waals surface area contributed by atoms with Gasteiger partial charge in [0, 0.05) is 31.6 Å². The number of hydrogen-bond acceptors (Lipinski definition) is 2. The molecule has 1 heterocycles. The molecule has 0 aliphatic carbocycles. The van der Waals surface area contributed by atoms with E-state index in [9.17, 15) is 27.2 Å². The molecule has 4 nitrogen and oxygen atoms in total. The van der Waals surface area contributed by atoms with Crippen molar-refractivity contribution in [3.8, 4) is 0 Å². The number of amides is 2. The normalized spacial score (nSPS) is 16.7. The zero-order valence-corrected chi connectivity index (χ0v) is 14.1. The van der Waals surface area contributed by atoms with Crippen molar-refractivity contribution in [1.29, 1.82) is 0 Å². The molecule has 2 amide bonds. The molecule has 3 rings (SSSR count). The van der Waals surface area contributed by atoms with Crippen LogP contribution in [0.2, 0.25) is 0 Å². The van der Waals surface area contributed by atoms with Gasteiger partial charge in [-0.15, -0.1) is 0 Å². The Bertz CT molecular complexity index is 868. The van der Waals surface area contributed by atoms with E-state index in [1.54, 1.807) is 0 Å². The van der Waals surface area contributed by atoms with Crippen LogP contribution in [0.1, 0.15) is 12.0 Å². The first kappa shape index (κ1) is 18.9. The second-order valence-corrected chi connectivity index (χ2v) is 6.32. The third-order valence-electron chi connectivity index (χ3n) is 4.33. The fourth-order valence-electron chi connectivity index (χ4n) is 3.05. The minimum atomic E-state index is -0.877. The predicted molar refractivity (Wildman–Crippen MR) is 89.9 cm³/mol. The molecule has 1 atom stereocenters. The number of carbonyl (C=O) groups is 2. The van der Waals surface area contributed by atoms with Crippen molar-refractivity contribution in [1.82, 2.24) is 5.32 Å². The average molecular weight is 380 g/mol. The summed E-state index contributed by atoms with van der Waals surface area (Å²) < 4.78 is 53.2. The number of hydrogen-bond donors (Lipinski definition) is 1. The summed E-state index contributed by atoms with van der Waals surface area (Å²) in [6.45, 7) is 0.110. The second kappa shape index (κ2) is 7.77. The Morgan fingerprint density at radius 3 is 2.41 bits per heavy atom. The van der Waals surface area contributed by atoms with Gasteiger partial charge in [0.1, 0.15) is 23.3 Å². The molecule has 2 aromatic carbocycles. The summed E-state index contributed by atoms with van der Waals surface area (Å²) in [6.07, 6.45) is 0.120. The lowest BCUT2D eigenvalue weighted by atomic mass is 10.1. The van der Waals surface area contributed by atoms with Crippen LogP contribution in [0, 0.1) is 29.2 Å². The van der Waals surface area contributed by atoms with E-state index in [-0.39, 0.29) is 31.6 Å². The Morgan fingerprint density at radius 2 is 1.74 bits per heavy atom. The van der Waals surface area contributed by atoms with Gasteiger partial charge in [-0.05, 0) is 36.2 Å². The van der Waals surface area contributed by atoms with Crippen LogP contribution in [0.25, 0.3) is 0 Å². The molecule has 1 fully saturated rings. The lowest BCUT2D eigenvalue weighted by Crippen LogP contribution is -2.34. The van der Waals surface area contributed by atoms with E-state index < -0.39 is 41.0 Å². The van der Waals surface area contributed by atoms with Gasteiger partial charge in [-0.25, -0.2) is 17.6 Å². The summed E-state index contributed by atoms with van der Waals surface area (Å²) in [5, 5.41) is 2.61. The lowest BCUT2D eigenvalue weighted by molar-refractivity contribution is -0.126. The van der Waals surface area contributed by atoms with Crippen LogP contribution in [-0.2, 0) is 16.0 Å². The van der Waals surface area contributed by atoms with Gasteiger partial charge in [0.15, 0.2) is 0 Å². The molecule has 0 spiro atoms. The molecule has 1 N–H and O–H groups in total. The molecular weight excluding hydrogens is 364 g/mol. The maximum absolute atomic E-state index is 13.9. The van der Waals surface area contributed by atoms with E-state index in [1.165, 1.54) is 12.1 Å². The minimum absolute atomic E-state index is 0.0260. The molecule has 1 aliphatic rings. The van der Waals surface area contributed by atoms with Crippen LogP contribution in [0.5, 0.6) is 0 Å². The second-order valence-electron chi connectivity index (χ2n) is 6.32. The summed E-state index contributed by atoms with van der Waals surface area (Å²) >= 11 is 0. The smallest absolute Gasteiger partial charge is 0.227 e. The van der Waals surface area contributed by atoms with Crippen LogP contribution < -0.4 is 10.2 Å². The third kappa shape index (κ3) is 4.45. The molecule has 1 saturated heterocycles. The largest absolute Gasteiger partial charge is 0.355 e. The van der Waals surface area contributed by atoms with Crippen molar-refractivity contribution in [2.24, 2.45) is 5.92 Å². The monoisotopic (exact) mass is 380 g/mol. The van der Waals surface area contributed by atoms with Gasteiger partial charge in [0.25, 0.3) is 0 Å². The van der Waals surface area contributed by atoms with Crippen LogP contribution in [0.3, 0.4) is 0 Å². The average Bonchev–Trinajstić information content (AvgIpc) is 2.96. The number of carbonyl (C=O) groups excluding carboxylic acids is 2. The Morgan fingerprint density at radius 1 is 1.04 bits per heavy atom. The molecule has 0 aromatic heterocycles. The van der Waals surface area contributed by atoms with Crippen molar-refractivity contribution in [2.75, 3.05) is 18.0 Å². The van der Waals surface area contributed by atoms with Crippen LogP contribution in [-0.4, -0.2) is 24.9 Å². The molecule has 8 heteroatoms. The Labute approximate surface area is 152 Å². The molecule has 1 aliphatic heterocycles. The standard InChI is InChI=1S/C19H16F4N2O2/c20-13-1-2-17(16(23)9-13)25-10-12(7-18(25)26)19(27)24-4-3-11-5-14(21)8-15(22)6-11/h1-2,5-6,8-9,12H,3-4,7,10H2,(H,24,27). The highest BCUT2D eigenvalue weighted by Gasteiger charge is 2.36. The molecular formula is C19H16F4N2O2. The van der Waals surface area contributed by atoms with Crippen molar-refractivity contribution in [3.63, 3.8) is 0 Å². The summed E-state index contributed by atoms with van der Waals surface area (Å²) in [5.41, 5.74) is 0.317. The lowest BCUT2D eigenvalue weighted by Gasteiger charge is -2.17. The maximum atomic E-state index is 13.9. The van der Waals surface area contributed by atoms with Crippen molar-refractivity contribution in [3.05, 3.63) is 65.2 Å². The van der Waals surface area contributed by atoms with E-state index in [0.29, 0.717) is 11.6 Å². The van der Waals surface area contributed by atoms with Crippen LogP contribution in [0.15, 0.2) is 36.4 Å². The number of rotatable bonds is 5. The number of halogens is 4. The molecule has 0 saturated carbocycles. The van der Waals surface area contributed by atoms with Gasteiger partial charge in [-0.2, -0.15) is 0 Å². The quantitative estimate of drug-likeness (QED) is 0.811. The van der Waals surface area contributed by atoms with Crippen LogP contribution >= 0.6 is 0 Å². The number of benzene rings is 2. The number of nitrogens with one attached hydrogen (secondary N) is 1. The molecule has 0 radical (unpaired) electrons. The predicted octanol–water partition coefficient (Wildman–Crippen LogP) is 2.95. The molecule has 1 unspecified atom stereocenters. The zero-order chi connectivity index (χ0) is 19.6. The first-order chi connectivity index (χ1) is 12.8. The summed E-state index contributed by atoms with van der Waals surface area (Å²) in [4.78, 5) is 25.5. The van der Waals surface area contributed by atoms with E-state index >= 15 is 0 Å². The first-order valence-corrected chi connectivity index (χ1v) is 8.31. The molecule has 0 bridgehead atoms. The highest BCUT2D eigenvalue weighted by Crippen LogP contribution is 2.28. The minimum Gasteiger partial charge on any atom is -0.355 e. The van der Waals surface area contributed by atoms with Gasteiger partial charge in [-0.1, -0.05) is 0 Å². The number of anilines is 1. The van der Waals surface area contributed by atoms with Gasteiger partial charge < -0.3 is 10.2 Å². The molecule has 2 aromatic rings. The maximum Gasteiger partial charge on any atom is 0.227 e. The number of nitrogens with zero attached hydrogens (tertiary/aromatic N) is 1. The highest BCUT2D eigenvalue weighted by atomic mass is 19.1. The van der Waals surface area contributed by atoms with Gasteiger partial charge in [0.05, 0.1) is 11.6 Å². The molecule has 142 valence electrons.